The number of benzene rings is 2. The maximum Gasteiger partial charge on any atom is 0.231 e. The molecule has 3 rings (SSSR count). The number of carbonyl (C=O) groups is 1. The van der Waals surface area contributed by atoms with Crippen LogP contribution in [0.1, 0.15) is 36.9 Å². The Morgan fingerprint density at radius 1 is 1.12 bits per heavy atom. The minimum Gasteiger partial charge on any atom is -0.325 e. The second-order valence-corrected chi connectivity index (χ2v) is 6.18. The van der Waals surface area contributed by atoms with Crippen molar-refractivity contribution in [1.29, 1.82) is 0 Å². The Balaban J connectivity index is 1.81. The van der Waals surface area contributed by atoms with Crippen LogP contribution in [0.15, 0.2) is 66.9 Å². The van der Waals surface area contributed by atoms with Gasteiger partial charge in [0, 0.05) is 17.6 Å². The smallest absolute Gasteiger partial charge is 0.231 e. The zero-order valence-corrected chi connectivity index (χ0v) is 14.6. The van der Waals surface area contributed by atoms with E-state index in [1.165, 1.54) is 0 Å². The number of hydrogen-bond donors (Lipinski definition) is 1. The highest BCUT2D eigenvalue weighted by atomic mass is 16.1. The molecule has 25 heavy (non-hydrogen) atoms. The van der Waals surface area contributed by atoms with Gasteiger partial charge in [-0.05, 0) is 43.2 Å². The third-order valence-electron chi connectivity index (χ3n) is 4.29. The molecule has 1 N–H and O–H groups in total. The highest BCUT2D eigenvalue weighted by Crippen LogP contribution is 2.24. The molecule has 0 bridgehead atoms. The van der Waals surface area contributed by atoms with Gasteiger partial charge in [0.2, 0.25) is 5.91 Å². The standard InChI is InChI=1S/C21H23N3O/c1-3-8-20(17-9-5-4-6-10-17)21(25)23-18-11-7-12-19(15-18)24-16(2)13-14-22-24/h4-7,9-15,20H,3,8H2,1-2H3,(H,23,25). The molecule has 1 atom stereocenters. The van der Waals surface area contributed by atoms with Gasteiger partial charge in [0.1, 0.15) is 0 Å². The van der Waals surface area contributed by atoms with Crippen LogP contribution < -0.4 is 5.32 Å². The molecule has 128 valence electrons. The topological polar surface area (TPSA) is 46.9 Å². The molecule has 2 aromatic carbocycles. The molecule has 0 saturated heterocycles. The fourth-order valence-corrected chi connectivity index (χ4v) is 3.01. The summed E-state index contributed by atoms with van der Waals surface area (Å²) >= 11 is 0. The lowest BCUT2D eigenvalue weighted by atomic mass is 9.93. The largest absolute Gasteiger partial charge is 0.325 e. The van der Waals surface area contributed by atoms with E-state index >= 15 is 0 Å². The highest BCUT2D eigenvalue weighted by molar-refractivity contribution is 5.96. The average Bonchev–Trinajstić information content (AvgIpc) is 3.06. The number of amides is 1. The molecule has 1 aromatic heterocycles. The van der Waals surface area contributed by atoms with Crippen LogP contribution in [0.3, 0.4) is 0 Å². The van der Waals surface area contributed by atoms with Crippen molar-refractivity contribution in [3.63, 3.8) is 0 Å². The van der Waals surface area contributed by atoms with E-state index in [1.54, 1.807) is 6.20 Å². The quantitative estimate of drug-likeness (QED) is 0.710. The van der Waals surface area contributed by atoms with Crippen molar-refractivity contribution in [3.05, 3.63) is 78.1 Å². The van der Waals surface area contributed by atoms with Gasteiger partial charge in [0.15, 0.2) is 0 Å². The van der Waals surface area contributed by atoms with Crippen LogP contribution in [0.5, 0.6) is 0 Å². The summed E-state index contributed by atoms with van der Waals surface area (Å²) in [7, 11) is 0. The SMILES string of the molecule is CCCC(C(=O)Nc1cccc(-n2nccc2C)c1)c1ccccc1. The number of nitrogens with zero attached hydrogens (tertiary/aromatic N) is 2. The van der Waals surface area contributed by atoms with Crippen LogP contribution in [0, 0.1) is 6.92 Å². The Morgan fingerprint density at radius 2 is 1.92 bits per heavy atom. The van der Waals surface area contributed by atoms with Crippen LogP contribution >= 0.6 is 0 Å². The zero-order chi connectivity index (χ0) is 17.6. The van der Waals surface area contributed by atoms with E-state index in [1.807, 2.05) is 72.3 Å². The summed E-state index contributed by atoms with van der Waals surface area (Å²) in [5.74, 6) is -0.108. The molecule has 1 amide bonds. The van der Waals surface area contributed by atoms with Crippen molar-refractivity contribution in [2.75, 3.05) is 5.32 Å². The molecule has 1 heterocycles. The first-order chi connectivity index (χ1) is 12.2. The van der Waals surface area contributed by atoms with E-state index < -0.39 is 0 Å². The number of nitrogens with one attached hydrogen (secondary N) is 1. The summed E-state index contributed by atoms with van der Waals surface area (Å²) in [5, 5.41) is 7.39. The fraction of sp³-hybridized carbons (Fsp3) is 0.238. The van der Waals surface area contributed by atoms with Crippen LogP contribution in [-0.4, -0.2) is 15.7 Å². The molecular weight excluding hydrogens is 310 g/mol. The molecule has 3 aromatic rings. The summed E-state index contributed by atoms with van der Waals surface area (Å²) in [6.45, 7) is 4.11. The molecule has 0 saturated carbocycles. The lowest BCUT2D eigenvalue weighted by Crippen LogP contribution is -2.21. The van der Waals surface area contributed by atoms with E-state index in [-0.39, 0.29) is 11.8 Å². The normalized spacial score (nSPS) is 11.9. The molecule has 0 radical (unpaired) electrons. The minimum absolute atomic E-state index is 0.0300. The lowest BCUT2D eigenvalue weighted by Gasteiger charge is -2.17. The number of aryl methyl sites for hydroxylation is 1. The second kappa shape index (κ2) is 7.79. The predicted octanol–water partition coefficient (Wildman–Crippen LogP) is 4.70. The van der Waals surface area contributed by atoms with Gasteiger partial charge in [-0.25, -0.2) is 4.68 Å². The van der Waals surface area contributed by atoms with E-state index in [0.717, 1.165) is 35.5 Å². The van der Waals surface area contributed by atoms with E-state index in [4.69, 9.17) is 0 Å². The molecule has 4 nitrogen and oxygen atoms in total. The summed E-state index contributed by atoms with van der Waals surface area (Å²) in [4.78, 5) is 12.8. The van der Waals surface area contributed by atoms with Crippen molar-refractivity contribution >= 4 is 11.6 Å². The first-order valence-electron chi connectivity index (χ1n) is 8.66. The third-order valence-corrected chi connectivity index (χ3v) is 4.29. The van der Waals surface area contributed by atoms with Crippen molar-refractivity contribution < 1.29 is 4.79 Å². The molecule has 1 unspecified atom stereocenters. The van der Waals surface area contributed by atoms with Crippen molar-refractivity contribution in [3.8, 4) is 5.69 Å². The van der Waals surface area contributed by atoms with Crippen molar-refractivity contribution in [2.24, 2.45) is 0 Å². The molecule has 0 fully saturated rings. The lowest BCUT2D eigenvalue weighted by molar-refractivity contribution is -0.117. The molecule has 0 aliphatic rings. The zero-order valence-electron chi connectivity index (χ0n) is 14.6. The van der Waals surface area contributed by atoms with E-state index in [0.29, 0.717) is 0 Å². The maximum absolute atomic E-state index is 12.8. The number of aromatic nitrogens is 2. The van der Waals surface area contributed by atoms with Gasteiger partial charge < -0.3 is 5.32 Å². The van der Waals surface area contributed by atoms with Crippen molar-refractivity contribution in [2.45, 2.75) is 32.6 Å². The van der Waals surface area contributed by atoms with Crippen LogP contribution in [-0.2, 0) is 4.79 Å². The molecule has 0 aliphatic heterocycles. The summed E-state index contributed by atoms with van der Waals surface area (Å²) in [6.07, 6.45) is 3.56. The number of anilines is 1. The fourth-order valence-electron chi connectivity index (χ4n) is 3.01. The number of carbonyl (C=O) groups excluding carboxylic acids is 1. The third kappa shape index (κ3) is 3.97. The van der Waals surface area contributed by atoms with Crippen LogP contribution in [0.4, 0.5) is 5.69 Å². The molecule has 0 aliphatic carbocycles. The van der Waals surface area contributed by atoms with Gasteiger partial charge in [-0.1, -0.05) is 49.7 Å². The van der Waals surface area contributed by atoms with Gasteiger partial charge >= 0.3 is 0 Å². The van der Waals surface area contributed by atoms with Crippen LogP contribution in [0.2, 0.25) is 0 Å². The molecule has 0 spiro atoms. The first-order valence-corrected chi connectivity index (χ1v) is 8.66. The van der Waals surface area contributed by atoms with E-state index in [9.17, 15) is 4.79 Å². The highest BCUT2D eigenvalue weighted by Gasteiger charge is 2.19. The number of hydrogen-bond acceptors (Lipinski definition) is 2. The maximum atomic E-state index is 12.8. The summed E-state index contributed by atoms with van der Waals surface area (Å²) < 4.78 is 1.86. The van der Waals surface area contributed by atoms with Gasteiger partial charge in [-0.2, -0.15) is 5.10 Å². The molecular formula is C21H23N3O. The summed E-state index contributed by atoms with van der Waals surface area (Å²) in [5.41, 5.74) is 3.83. The monoisotopic (exact) mass is 333 g/mol. The van der Waals surface area contributed by atoms with Gasteiger partial charge in [0.25, 0.3) is 0 Å². The summed E-state index contributed by atoms with van der Waals surface area (Å²) in [6, 6.07) is 19.7. The van der Waals surface area contributed by atoms with Gasteiger partial charge in [0.05, 0.1) is 11.6 Å². The van der Waals surface area contributed by atoms with Crippen molar-refractivity contribution in [1.82, 2.24) is 9.78 Å². The second-order valence-electron chi connectivity index (χ2n) is 6.18. The Morgan fingerprint density at radius 3 is 2.60 bits per heavy atom. The Kier molecular flexibility index (Phi) is 5.29. The number of rotatable bonds is 6. The minimum atomic E-state index is -0.138. The molecule has 4 heteroatoms. The van der Waals surface area contributed by atoms with Gasteiger partial charge in [-0.3, -0.25) is 4.79 Å². The average molecular weight is 333 g/mol. The van der Waals surface area contributed by atoms with Crippen LogP contribution in [0.25, 0.3) is 5.69 Å². The Bertz CT molecular complexity index is 839. The van der Waals surface area contributed by atoms with E-state index in [2.05, 4.69) is 17.3 Å². The Labute approximate surface area is 148 Å². The first kappa shape index (κ1) is 17.0. The Hall–Kier alpha value is -2.88. The van der Waals surface area contributed by atoms with Gasteiger partial charge in [-0.15, -0.1) is 0 Å². The predicted molar refractivity (Wildman–Crippen MR) is 101 cm³/mol.